The summed E-state index contributed by atoms with van der Waals surface area (Å²) in [5, 5.41) is -0.638. The summed E-state index contributed by atoms with van der Waals surface area (Å²) in [6, 6.07) is 10.1. The van der Waals surface area contributed by atoms with Crippen molar-refractivity contribution < 1.29 is 19.1 Å². The third-order valence-electron chi connectivity index (χ3n) is 3.22. The average molecular weight is 334 g/mol. The third kappa shape index (κ3) is 4.29. The van der Waals surface area contributed by atoms with Crippen molar-refractivity contribution in [3.8, 4) is 11.6 Å². The Morgan fingerprint density at radius 2 is 1.91 bits per heavy atom. The number of benzene rings is 1. The van der Waals surface area contributed by atoms with Crippen LogP contribution in [0.5, 0.6) is 11.6 Å². The summed E-state index contributed by atoms with van der Waals surface area (Å²) in [6.45, 7) is 3.89. The first-order valence-electron chi connectivity index (χ1n) is 7.12. The van der Waals surface area contributed by atoms with Gasteiger partial charge in [0.05, 0.1) is 18.1 Å². The Bertz CT molecular complexity index is 700. The van der Waals surface area contributed by atoms with Gasteiger partial charge in [0.25, 0.3) is 5.24 Å². The number of ether oxygens (including phenoxy) is 2. The van der Waals surface area contributed by atoms with Crippen LogP contribution in [0.15, 0.2) is 42.6 Å². The Kier molecular flexibility index (Phi) is 5.71. The van der Waals surface area contributed by atoms with E-state index in [1.54, 1.807) is 44.2 Å². The van der Waals surface area contributed by atoms with Gasteiger partial charge in [0.15, 0.2) is 0 Å². The molecule has 0 bridgehead atoms. The van der Waals surface area contributed by atoms with Crippen LogP contribution >= 0.6 is 11.6 Å². The van der Waals surface area contributed by atoms with Crippen molar-refractivity contribution >= 4 is 22.8 Å². The highest BCUT2D eigenvalue weighted by molar-refractivity contribution is 6.68. The molecule has 0 saturated carbocycles. The Morgan fingerprint density at radius 1 is 1.22 bits per heavy atom. The van der Waals surface area contributed by atoms with Crippen molar-refractivity contribution in [1.82, 2.24) is 4.98 Å². The molecular weight excluding hydrogens is 318 g/mol. The largest absolute Gasteiger partial charge is 0.466 e. The molecule has 5 nitrogen and oxygen atoms in total. The van der Waals surface area contributed by atoms with Crippen molar-refractivity contribution in [2.24, 2.45) is 0 Å². The summed E-state index contributed by atoms with van der Waals surface area (Å²) in [5.41, 5.74) is 1.00. The van der Waals surface area contributed by atoms with Gasteiger partial charge >= 0.3 is 5.97 Å². The second kappa shape index (κ2) is 7.74. The molecule has 0 aliphatic heterocycles. The molecule has 23 heavy (non-hydrogen) atoms. The van der Waals surface area contributed by atoms with Crippen LogP contribution in [0.1, 0.15) is 35.7 Å². The second-order valence-corrected chi connectivity index (χ2v) is 5.12. The Morgan fingerprint density at radius 3 is 2.52 bits per heavy atom. The van der Waals surface area contributed by atoms with E-state index in [4.69, 9.17) is 21.1 Å². The molecule has 2 rings (SSSR count). The molecular formula is C17H16ClNO4. The summed E-state index contributed by atoms with van der Waals surface area (Å²) in [5.74, 6) is -0.0129. The van der Waals surface area contributed by atoms with E-state index < -0.39 is 5.24 Å². The van der Waals surface area contributed by atoms with Crippen LogP contribution in [-0.4, -0.2) is 22.8 Å². The topological polar surface area (TPSA) is 65.5 Å². The van der Waals surface area contributed by atoms with E-state index in [0.717, 1.165) is 5.56 Å². The zero-order valence-corrected chi connectivity index (χ0v) is 13.5. The summed E-state index contributed by atoms with van der Waals surface area (Å²) >= 11 is 5.50. The molecule has 0 saturated heterocycles. The first-order chi connectivity index (χ1) is 11.0. The number of hydrogen-bond donors (Lipinski definition) is 0. The first kappa shape index (κ1) is 17.0. The van der Waals surface area contributed by atoms with E-state index in [2.05, 4.69) is 4.98 Å². The van der Waals surface area contributed by atoms with Crippen molar-refractivity contribution in [3.63, 3.8) is 0 Å². The van der Waals surface area contributed by atoms with Crippen LogP contribution in [0.2, 0.25) is 0 Å². The predicted octanol–water partition coefficient (Wildman–Crippen LogP) is 3.92. The highest BCUT2D eigenvalue weighted by atomic mass is 35.5. The minimum Gasteiger partial charge on any atom is -0.466 e. The molecule has 120 valence electrons. The second-order valence-electron chi connectivity index (χ2n) is 4.77. The van der Waals surface area contributed by atoms with Crippen molar-refractivity contribution in [1.29, 1.82) is 0 Å². The first-order valence-corrected chi connectivity index (χ1v) is 7.50. The van der Waals surface area contributed by atoms with Crippen LogP contribution in [0.3, 0.4) is 0 Å². The molecule has 6 heteroatoms. The highest BCUT2D eigenvalue weighted by Crippen LogP contribution is 2.26. The molecule has 1 atom stereocenters. The van der Waals surface area contributed by atoms with E-state index in [1.807, 2.05) is 0 Å². The van der Waals surface area contributed by atoms with E-state index in [9.17, 15) is 9.59 Å². The molecule has 0 radical (unpaired) electrons. The fourth-order valence-electron chi connectivity index (χ4n) is 1.96. The Balaban J connectivity index is 2.15. The quantitative estimate of drug-likeness (QED) is 0.592. The van der Waals surface area contributed by atoms with E-state index in [0.29, 0.717) is 12.4 Å². The lowest BCUT2D eigenvalue weighted by molar-refractivity contribution is -0.144. The van der Waals surface area contributed by atoms with Crippen LogP contribution in [-0.2, 0) is 9.53 Å². The molecule has 0 aliphatic rings. The Labute approximate surface area is 139 Å². The van der Waals surface area contributed by atoms with Crippen LogP contribution in [0, 0.1) is 0 Å². The molecule has 1 aromatic heterocycles. The number of carbonyl (C=O) groups is 2. The van der Waals surface area contributed by atoms with Crippen molar-refractivity contribution in [2.45, 2.75) is 19.8 Å². The minimum absolute atomic E-state index is 0.138. The molecule has 0 aliphatic carbocycles. The van der Waals surface area contributed by atoms with Gasteiger partial charge in [-0.25, -0.2) is 4.98 Å². The maximum absolute atomic E-state index is 11.7. The summed E-state index contributed by atoms with van der Waals surface area (Å²) in [7, 11) is 0. The zero-order valence-electron chi connectivity index (χ0n) is 12.8. The number of nitrogens with zero attached hydrogens (tertiary/aromatic N) is 1. The molecule has 0 spiro atoms. The molecule has 0 amide bonds. The maximum atomic E-state index is 11.7. The smallest absolute Gasteiger partial charge is 0.313 e. The minimum atomic E-state index is -0.638. The highest BCUT2D eigenvalue weighted by Gasteiger charge is 2.17. The SMILES string of the molecule is CCOC(=O)C(C)c1ccc(Oc2ncccc2C(=O)Cl)cc1. The van der Waals surface area contributed by atoms with Gasteiger partial charge in [0, 0.05) is 6.20 Å². The van der Waals surface area contributed by atoms with Gasteiger partial charge in [-0.2, -0.15) is 0 Å². The zero-order chi connectivity index (χ0) is 16.8. The van der Waals surface area contributed by atoms with E-state index in [1.165, 1.54) is 12.3 Å². The van der Waals surface area contributed by atoms with Crippen LogP contribution < -0.4 is 4.74 Å². The standard InChI is InChI=1S/C17H16ClNO4/c1-3-22-17(21)11(2)12-6-8-13(9-7-12)23-16-14(15(18)20)5-4-10-19-16/h4-11H,3H2,1-2H3. The number of aromatic nitrogens is 1. The molecule has 2 aromatic rings. The van der Waals surface area contributed by atoms with Gasteiger partial charge in [-0.05, 0) is 55.3 Å². The lowest BCUT2D eigenvalue weighted by atomic mass is 10.0. The maximum Gasteiger partial charge on any atom is 0.313 e. The number of halogens is 1. The monoisotopic (exact) mass is 333 g/mol. The summed E-state index contributed by atoms with van der Waals surface area (Å²) < 4.78 is 10.6. The molecule has 1 heterocycles. The third-order valence-corrected chi connectivity index (χ3v) is 3.42. The lowest BCUT2D eigenvalue weighted by Gasteiger charge is -2.12. The van der Waals surface area contributed by atoms with Gasteiger partial charge in [-0.3, -0.25) is 9.59 Å². The van der Waals surface area contributed by atoms with Gasteiger partial charge in [-0.1, -0.05) is 12.1 Å². The number of rotatable bonds is 6. The van der Waals surface area contributed by atoms with Crippen LogP contribution in [0.25, 0.3) is 0 Å². The molecule has 0 fully saturated rings. The fraction of sp³-hybridized carbons (Fsp3) is 0.235. The number of esters is 1. The predicted molar refractivity (Wildman–Crippen MR) is 86.0 cm³/mol. The van der Waals surface area contributed by atoms with Gasteiger partial charge in [0.1, 0.15) is 5.75 Å². The summed E-state index contributed by atoms with van der Waals surface area (Å²) in [6.07, 6.45) is 1.51. The molecule has 1 aromatic carbocycles. The van der Waals surface area contributed by atoms with Gasteiger partial charge < -0.3 is 9.47 Å². The Hall–Kier alpha value is -2.40. The van der Waals surface area contributed by atoms with Gasteiger partial charge in [-0.15, -0.1) is 0 Å². The normalized spacial score (nSPS) is 11.6. The summed E-state index contributed by atoms with van der Waals surface area (Å²) in [4.78, 5) is 27.1. The van der Waals surface area contributed by atoms with Gasteiger partial charge in [0.2, 0.25) is 5.88 Å². The van der Waals surface area contributed by atoms with Crippen LogP contribution in [0.4, 0.5) is 0 Å². The lowest BCUT2D eigenvalue weighted by Crippen LogP contribution is -2.12. The number of pyridine rings is 1. The average Bonchev–Trinajstić information content (AvgIpc) is 2.55. The molecule has 1 unspecified atom stereocenters. The number of hydrogen-bond acceptors (Lipinski definition) is 5. The van der Waals surface area contributed by atoms with Crippen molar-refractivity contribution in [3.05, 3.63) is 53.7 Å². The van der Waals surface area contributed by atoms with E-state index in [-0.39, 0.29) is 23.3 Å². The number of carbonyl (C=O) groups excluding carboxylic acids is 2. The fourth-order valence-corrected chi connectivity index (χ4v) is 2.11. The van der Waals surface area contributed by atoms with E-state index >= 15 is 0 Å². The van der Waals surface area contributed by atoms with Crippen molar-refractivity contribution in [2.75, 3.05) is 6.61 Å². The molecule has 0 N–H and O–H groups in total.